The molecule has 0 spiro atoms. The van der Waals surface area contributed by atoms with Crippen LogP contribution in [0.2, 0.25) is 0 Å². The van der Waals surface area contributed by atoms with E-state index >= 15 is 0 Å². The number of carbonyl (C=O) groups excluding carboxylic acids is 1. The Bertz CT molecular complexity index is 691. The summed E-state index contributed by atoms with van der Waals surface area (Å²) in [4.78, 5) is 12.2. The van der Waals surface area contributed by atoms with E-state index in [4.69, 9.17) is 0 Å². The molecule has 132 valence electrons. The summed E-state index contributed by atoms with van der Waals surface area (Å²) in [6.45, 7) is 2.01. The molecule has 0 saturated heterocycles. The van der Waals surface area contributed by atoms with Crippen molar-refractivity contribution in [2.24, 2.45) is 0 Å². The number of amides is 1. The second kappa shape index (κ2) is 8.60. The number of aromatic nitrogens is 2. The summed E-state index contributed by atoms with van der Waals surface area (Å²) < 4.78 is 0. The van der Waals surface area contributed by atoms with Crippen molar-refractivity contribution in [3.63, 3.8) is 0 Å². The van der Waals surface area contributed by atoms with Crippen molar-refractivity contribution in [2.45, 2.75) is 57.9 Å². The molecule has 25 heavy (non-hydrogen) atoms. The maximum atomic E-state index is 12.2. The predicted molar refractivity (Wildman–Crippen MR) is 101 cm³/mol. The predicted octanol–water partition coefficient (Wildman–Crippen LogP) is 4.10. The Hall–Kier alpha value is -2.43. The van der Waals surface area contributed by atoms with E-state index in [0.717, 1.165) is 16.9 Å². The van der Waals surface area contributed by atoms with Crippen LogP contribution in [0.1, 0.15) is 49.7 Å². The van der Waals surface area contributed by atoms with E-state index in [1.165, 1.54) is 38.5 Å². The topological polar surface area (TPSA) is 66.9 Å². The van der Waals surface area contributed by atoms with Crippen LogP contribution < -0.4 is 10.6 Å². The maximum absolute atomic E-state index is 12.2. The fourth-order valence-electron chi connectivity index (χ4n) is 3.28. The highest BCUT2D eigenvalue weighted by Gasteiger charge is 2.13. The summed E-state index contributed by atoms with van der Waals surface area (Å²) in [6, 6.07) is 12.1. The first kappa shape index (κ1) is 17.4. The molecule has 5 heteroatoms. The second-order valence-electron chi connectivity index (χ2n) is 6.79. The Morgan fingerprint density at radius 2 is 1.68 bits per heavy atom. The van der Waals surface area contributed by atoms with E-state index in [1.54, 1.807) is 0 Å². The number of nitrogens with zero attached hydrogens (tertiary/aromatic N) is 2. The van der Waals surface area contributed by atoms with Gasteiger partial charge in [-0.05, 0) is 43.0 Å². The van der Waals surface area contributed by atoms with Crippen molar-refractivity contribution in [3.8, 4) is 0 Å². The van der Waals surface area contributed by atoms with Gasteiger partial charge in [-0.1, -0.05) is 49.9 Å². The third kappa shape index (κ3) is 5.28. The number of carbonyl (C=O) groups is 1. The van der Waals surface area contributed by atoms with Crippen LogP contribution in [0.3, 0.4) is 0 Å². The Morgan fingerprint density at radius 1 is 1.00 bits per heavy atom. The molecular weight excluding hydrogens is 312 g/mol. The molecule has 1 aliphatic carbocycles. The third-order valence-electron chi connectivity index (χ3n) is 4.75. The summed E-state index contributed by atoms with van der Waals surface area (Å²) in [7, 11) is 0. The highest BCUT2D eigenvalue weighted by atomic mass is 16.1. The minimum absolute atomic E-state index is 0.0759. The van der Waals surface area contributed by atoms with Gasteiger partial charge in [-0.2, -0.15) is 0 Å². The minimum Gasteiger partial charge on any atom is -0.366 e. The average Bonchev–Trinajstić information content (AvgIpc) is 2.87. The summed E-state index contributed by atoms with van der Waals surface area (Å²) in [6.07, 6.45) is 7.94. The van der Waals surface area contributed by atoms with Gasteiger partial charge in [0.05, 0.1) is 6.42 Å². The smallest absolute Gasteiger partial charge is 0.230 e. The zero-order chi connectivity index (χ0) is 17.5. The van der Waals surface area contributed by atoms with Gasteiger partial charge in [0.1, 0.15) is 5.82 Å². The summed E-state index contributed by atoms with van der Waals surface area (Å²) in [5.74, 6) is 1.20. The Labute approximate surface area is 149 Å². The number of anilines is 2. The van der Waals surface area contributed by atoms with Crippen molar-refractivity contribution in [3.05, 3.63) is 47.5 Å². The van der Waals surface area contributed by atoms with Gasteiger partial charge < -0.3 is 10.6 Å². The molecule has 1 aromatic carbocycles. The van der Waals surface area contributed by atoms with E-state index in [2.05, 4.69) is 20.8 Å². The van der Waals surface area contributed by atoms with Gasteiger partial charge in [0.2, 0.25) is 5.91 Å². The van der Waals surface area contributed by atoms with E-state index in [0.29, 0.717) is 18.3 Å². The second-order valence-corrected chi connectivity index (χ2v) is 6.79. The fraction of sp³-hybridized carbons (Fsp3) is 0.450. The third-order valence-corrected chi connectivity index (χ3v) is 4.75. The van der Waals surface area contributed by atoms with Gasteiger partial charge in [0.15, 0.2) is 5.82 Å². The van der Waals surface area contributed by atoms with Crippen molar-refractivity contribution in [2.75, 3.05) is 10.6 Å². The van der Waals surface area contributed by atoms with Crippen LogP contribution in [0, 0.1) is 6.92 Å². The molecule has 0 radical (unpaired) electrons. The van der Waals surface area contributed by atoms with Crippen LogP contribution in [-0.4, -0.2) is 22.1 Å². The molecule has 3 rings (SSSR count). The van der Waals surface area contributed by atoms with Gasteiger partial charge in [-0.15, -0.1) is 10.2 Å². The van der Waals surface area contributed by atoms with Crippen LogP contribution >= 0.6 is 0 Å². The van der Waals surface area contributed by atoms with Gasteiger partial charge >= 0.3 is 0 Å². The summed E-state index contributed by atoms with van der Waals surface area (Å²) in [5, 5.41) is 14.6. The van der Waals surface area contributed by atoms with Crippen molar-refractivity contribution in [1.29, 1.82) is 0 Å². The zero-order valence-electron chi connectivity index (χ0n) is 14.8. The minimum atomic E-state index is -0.0759. The van der Waals surface area contributed by atoms with Crippen molar-refractivity contribution < 1.29 is 4.79 Å². The zero-order valence-corrected chi connectivity index (χ0v) is 14.8. The van der Waals surface area contributed by atoms with E-state index in [9.17, 15) is 4.79 Å². The van der Waals surface area contributed by atoms with Crippen LogP contribution in [0.25, 0.3) is 0 Å². The molecule has 0 unspecified atom stereocenters. The van der Waals surface area contributed by atoms with Gasteiger partial charge in [-0.25, -0.2) is 0 Å². The molecular formula is C20H26N4O. The average molecular weight is 338 g/mol. The fourth-order valence-corrected chi connectivity index (χ4v) is 3.28. The molecule has 0 bridgehead atoms. The largest absolute Gasteiger partial charge is 0.366 e. The highest BCUT2D eigenvalue weighted by molar-refractivity contribution is 5.91. The molecule has 2 aromatic rings. The Kier molecular flexibility index (Phi) is 5.99. The summed E-state index contributed by atoms with van der Waals surface area (Å²) >= 11 is 0. The number of rotatable bonds is 5. The molecule has 1 aromatic heterocycles. The van der Waals surface area contributed by atoms with E-state index in [1.807, 2.05) is 43.3 Å². The molecule has 1 amide bonds. The lowest BCUT2D eigenvalue weighted by atomic mass is 10.1. The van der Waals surface area contributed by atoms with Crippen molar-refractivity contribution >= 4 is 17.5 Å². The lowest BCUT2D eigenvalue weighted by Gasteiger charge is -2.16. The van der Waals surface area contributed by atoms with Crippen LogP contribution in [0.5, 0.6) is 0 Å². The lowest BCUT2D eigenvalue weighted by molar-refractivity contribution is -0.115. The quantitative estimate of drug-likeness (QED) is 0.806. The van der Waals surface area contributed by atoms with Crippen LogP contribution in [0.15, 0.2) is 36.4 Å². The number of hydrogen-bond acceptors (Lipinski definition) is 4. The molecule has 0 atom stereocenters. The number of aryl methyl sites for hydroxylation is 1. The lowest BCUT2D eigenvalue weighted by Crippen LogP contribution is -2.20. The number of hydrogen-bond donors (Lipinski definition) is 2. The Balaban J connectivity index is 1.53. The molecule has 1 aliphatic rings. The molecule has 1 heterocycles. The van der Waals surface area contributed by atoms with Gasteiger partial charge in [0, 0.05) is 6.04 Å². The van der Waals surface area contributed by atoms with Crippen molar-refractivity contribution in [1.82, 2.24) is 10.2 Å². The Morgan fingerprint density at radius 3 is 2.36 bits per heavy atom. The molecule has 1 fully saturated rings. The van der Waals surface area contributed by atoms with Crippen LogP contribution in [-0.2, 0) is 11.2 Å². The SMILES string of the molecule is Cc1ccccc1CC(=O)Nc1ccc(NC2CCCCCC2)nn1. The summed E-state index contributed by atoms with van der Waals surface area (Å²) in [5.41, 5.74) is 2.14. The molecule has 5 nitrogen and oxygen atoms in total. The first-order valence-corrected chi connectivity index (χ1v) is 9.15. The molecule has 2 N–H and O–H groups in total. The van der Waals surface area contributed by atoms with Crippen LogP contribution in [0.4, 0.5) is 11.6 Å². The first-order chi connectivity index (χ1) is 12.2. The van der Waals surface area contributed by atoms with Gasteiger partial charge in [0.25, 0.3) is 0 Å². The molecule has 1 saturated carbocycles. The normalized spacial score (nSPS) is 15.4. The number of benzene rings is 1. The maximum Gasteiger partial charge on any atom is 0.230 e. The number of nitrogens with one attached hydrogen (secondary N) is 2. The highest BCUT2D eigenvalue weighted by Crippen LogP contribution is 2.20. The molecule has 0 aliphatic heterocycles. The first-order valence-electron chi connectivity index (χ1n) is 9.15. The van der Waals surface area contributed by atoms with Gasteiger partial charge in [-0.3, -0.25) is 4.79 Å². The van der Waals surface area contributed by atoms with E-state index in [-0.39, 0.29) is 5.91 Å². The van der Waals surface area contributed by atoms with E-state index < -0.39 is 0 Å². The standard InChI is InChI=1S/C20H26N4O/c1-15-8-6-7-9-16(15)14-20(25)22-19-13-12-18(23-24-19)21-17-10-4-2-3-5-11-17/h6-9,12-13,17H,2-5,10-11,14H2,1H3,(H,21,23)(H,22,24,25). The monoisotopic (exact) mass is 338 g/mol.